The van der Waals surface area contributed by atoms with Crippen molar-refractivity contribution < 1.29 is 22.1 Å². The average molecular weight is 305 g/mol. The van der Waals surface area contributed by atoms with E-state index in [1.54, 1.807) is 12.1 Å². The number of hydrogen-bond donors (Lipinski definition) is 1. The van der Waals surface area contributed by atoms with Crippen LogP contribution in [0, 0.1) is 5.82 Å². The molecule has 1 N–H and O–H groups in total. The fourth-order valence-corrected chi connectivity index (χ4v) is 1.94. The zero-order valence-corrected chi connectivity index (χ0v) is 13.6. The van der Waals surface area contributed by atoms with Gasteiger partial charge in [0.05, 0.1) is 4.90 Å². The maximum atomic E-state index is 12.7. The van der Waals surface area contributed by atoms with Crippen molar-refractivity contribution in [1.29, 1.82) is 0 Å². The normalized spacial score (nSPS) is 10.7. The molecular formula is C13H11FNaO4S. The minimum atomic E-state index is -4.19. The fraction of sp³-hybridized carbons (Fsp3) is 0.0769. The van der Waals surface area contributed by atoms with Gasteiger partial charge in [0.15, 0.2) is 0 Å². The molecule has 2 rings (SSSR count). The summed E-state index contributed by atoms with van der Waals surface area (Å²) in [6.45, 7) is 0.242. The van der Waals surface area contributed by atoms with E-state index in [0.29, 0.717) is 5.75 Å². The van der Waals surface area contributed by atoms with Gasteiger partial charge in [-0.25, -0.2) is 4.39 Å². The summed E-state index contributed by atoms with van der Waals surface area (Å²) in [5, 5.41) is 0. The maximum absolute atomic E-state index is 12.7. The van der Waals surface area contributed by atoms with Crippen LogP contribution in [0.5, 0.6) is 5.75 Å². The molecule has 0 spiro atoms. The van der Waals surface area contributed by atoms with Crippen molar-refractivity contribution >= 4 is 39.7 Å². The molecule has 0 fully saturated rings. The van der Waals surface area contributed by atoms with E-state index in [4.69, 9.17) is 9.29 Å². The number of hydrogen-bond acceptors (Lipinski definition) is 3. The molecule has 0 amide bonds. The van der Waals surface area contributed by atoms with Crippen molar-refractivity contribution in [3.63, 3.8) is 0 Å². The second-order valence-electron chi connectivity index (χ2n) is 3.86. The Labute approximate surface area is 138 Å². The molecule has 0 bridgehead atoms. The SMILES string of the molecule is O=S(=O)(O)c1ccc(OCc2ccc(F)cc2)cc1.[Na]. The molecule has 0 saturated carbocycles. The van der Waals surface area contributed by atoms with Gasteiger partial charge in [0.2, 0.25) is 0 Å². The largest absolute Gasteiger partial charge is 0.489 e. The zero-order valence-electron chi connectivity index (χ0n) is 10.8. The quantitative estimate of drug-likeness (QED) is 0.695. The first-order chi connectivity index (χ1) is 8.95. The van der Waals surface area contributed by atoms with Crippen LogP contribution in [0.4, 0.5) is 4.39 Å². The van der Waals surface area contributed by atoms with Gasteiger partial charge in [0, 0.05) is 29.6 Å². The third kappa shape index (κ3) is 4.88. The Kier molecular flexibility index (Phi) is 6.16. The predicted molar refractivity (Wildman–Crippen MR) is 72.7 cm³/mol. The van der Waals surface area contributed by atoms with E-state index in [9.17, 15) is 12.8 Å². The molecule has 0 heterocycles. The second kappa shape index (κ2) is 7.19. The molecule has 0 aliphatic rings. The van der Waals surface area contributed by atoms with E-state index >= 15 is 0 Å². The number of halogens is 1. The predicted octanol–water partition coefficient (Wildman–Crippen LogP) is 2.27. The zero-order chi connectivity index (χ0) is 13.9. The van der Waals surface area contributed by atoms with Crippen LogP contribution < -0.4 is 4.74 Å². The summed E-state index contributed by atoms with van der Waals surface area (Å²) >= 11 is 0. The molecule has 0 aromatic heterocycles. The molecule has 0 atom stereocenters. The van der Waals surface area contributed by atoms with Gasteiger partial charge in [-0.3, -0.25) is 4.55 Å². The molecule has 20 heavy (non-hydrogen) atoms. The molecule has 0 unspecified atom stereocenters. The summed E-state index contributed by atoms with van der Waals surface area (Å²) in [6.07, 6.45) is 0. The molecule has 101 valence electrons. The topological polar surface area (TPSA) is 63.6 Å². The molecule has 7 heteroatoms. The number of ether oxygens (including phenoxy) is 1. The van der Waals surface area contributed by atoms with Crippen LogP contribution in [-0.4, -0.2) is 42.5 Å². The first kappa shape index (κ1) is 17.1. The monoisotopic (exact) mass is 305 g/mol. The molecule has 0 saturated heterocycles. The third-order valence-electron chi connectivity index (χ3n) is 2.44. The van der Waals surface area contributed by atoms with Crippen LogP contribution in [-0.2, 0) is 16.7 Å². The van der Waals surface area contributed by atoms with Crippen molar-refractivity contribution in [3.8, 4) is 5.75 Å². The van der Waals surface area contributed by atoms with Crippen molar-refractivity contribution in [2.75, 3.05) is 0 Å². The second-order valence-corrected chi connectivity index (χ2v) is 5.28. The summed E-state index contributed by atoms with van der Waals surface area (Å²) in [5.41, 5.74) is 0.792. The molecule has 2 aromatic carbocycles. The fourth-order valence-electron chi connectivity index (χ4n) is 1.46. The minimum absolute atomic E-state index is 0. The molecule has 2 aromatic rings. The van der Waals surface area contributed by atoms with E-state index in [2.05, 4.69) is 0 Å². The number of benzene rings is 2. The van der Waals surface area contributed by atoms with Crippen molar-refractivity contribution in [1.82, 2.24) is 0 Å². The molecule has 0 aliphatic heterocycles. The number of rotatable bonds is 4. The van der Waals surface area contributed by atoms with Gasteiger partial charge < -0.3 is 4.74 Å². The van der Waals surface area contributed by atoms with Gasteiger partial charge in [-0.1, -0.05) is 12.1 Å². The Hall–Kier alpha value is -0.920. The Balaban J connectivity index is 0.00000200. The summed E-state index contributed by atoms with van der Waals surface area (Å²) in [7, 11) is -4.19. The van der Waals surface area contributed by atoms with Crippen LogP contribution in [0.2, 0.25) is 0 Å². The molecule has 1 radical (unpaired) electrons. The minimum Gasteiger partial charge on any atom is -0.489 e. The van der Waals surface area contributed by atoms with Gasteiger partial charge >= 0.3 is 0 Å². The van der Waals surface area contributed by atoms with Gasteiger partial charge in [0.1, 0.15) is 18.2 Å². The molecule has 0 aliphatic carbocycles. The van der Waals surface area contributed by atoms with Crippen LogP contribution in [0.25, 0.3) is 0 Å². The Morgan fingerprint density at radius 1 is 1.00 bits per heavy atom. The summed E-state index contributed by atoms with van der Waals surface area (Å²) in [4.78, 5) is -0.193. The smallest absolute Gasteiger partial charge is 0.294 e. The van der Waals surface area contributed by atoms with Gasteiger partial charge in [-0.05, 0) is 42.0 Å². The average Bonchev–Trinajstić information content (AvgIpc) is 2.37. The van der Waals surface area contributed by atoms with Crippen LogP contribution in [0.1, 0.15) is 5.56 Å². The van der Waals surface area contributed by atoms with Crippen LogP contribution in [0.3, 0.4) is 0 Å². The van der Waals surface area contributed by atoms with Crippen LogP contribution >= 0.6 is 0 Å². The van der Waals surface area contributed by atoms with E-state index in [-0.39, 0.29) is 46.9 Å². The van der Waals surface area contributed by atoms with Gasteiger partial charge in [-0.15, -0.1) is 0 Å². The van der Waals surface area contributed by atoms with Gasteiger partial charge in [0.25, 0.3) is 10.1 Å². The van der Waals surface area contributed by atoms with E-state index in [1.807, 2.05) is 0 Å². The first-order valence-electron chi connectivity index (χ1n) is 5.40. The summed E-state index contributed by atoms with van der Waals surface area (Å²) in [6, 6.07) is 11.2. The Morgan fingerprint density at radius 2 is 1.55 bits per heavy atom. The van der Waals surface area contributed by atoms with Crippen LogP contribution in [0.15, 0.2) is 53.4 Å². The van der Waals surface area contributed by atoms with Crippen molar-refractivity contribution in [3.05, 3.63) is 59.9 Å². The standard InChI is InChI=1S/C13H11FO4S.Na/c14-11-3-1-10(2-4-11)9-18-12-5-7-13(8-6-12)19(15,16)17;/h1-8H,9H2,(H,15,16,17);. The molecular weight excluding hydrogens is 294 g/mol. The maximum Gasteiger partial charge on any atom is 0.294 e. The molecule has 4 nitrogen and oxygen atoms in total. The van der Waals surface area contributed by atoms with E-state index < -0.39 is 10.1 Å². The van der Waals surface area contributed by atoms with Crippen molar-refractivity contribution in [2.24, 2.45) is 0 Å². The first-order valence-corrected chi connectivity index (χ1v) is 6.84. The van der Waals surface area contributed by atoms with Crippen molar-refractivity contribution in [2.45, 2.75) is 11.5 Å². The Bertz CT molecular complexity index is 654. The van der Waals surface area contributed by atoms with E-state index in [0.717, 1.165) is 5.56 Å². The van der Waals surface area contributed by atoms with E-state index in [1.165, 1.54) is 36.4 Å². The Morgan fingerprint density at radius 3 is 2.05 bits per heavy atom. The summed E-state index contributed by atoms with van der Waals surface area (Å²) in [5.74, 6) is 0.137. The van der Waals surface area contributed by atoms with Gasteiger partial charge in [-0.2, -0.15) is 8.42 Å². The summed E-state index contributed by atoms with van der Waals surface area (Å²) < 4.78 is 48.6. The third-order valence-corrected chi connectivity index (χ3v) is 3.31.